The van der Waals surface area contributed by atoms with Crippen LogP contribution < -0.4 is 0 Å². The Morgan fingerprint density at radius 3 is 1.60 bits per heavy atom. The average Bonchev–Trinajstić information content (AvgIpc) is 1.58. The maximum Gasteiger partial charge on any atom is 0.127 e. The second kappa shape index (κ2) is 30.2. The maximum absolute atomic E-state index is 5.59. The first kappa shape index (κ1) is 67.9. The number of allylic oxidation sites excluding steroid dienone is 2. The van der Waals surface area contributed by atoms with Gasteiger partial charge in [-0.25, -0.2) is 4.40 Å². The summed E-state index contributed by atoms with van der Waals surface area (Å²) in [7, 11) is 0. The van der Waals surface area contributed by atoms with Crippen molar-refractivity contribution >= 4 is 97.1 Å². The Balaban J connectivity index is 1.26. The average molecular weight is 1260 g/mol. The molecule has 0 bridgehead atoms. The SMILES string of the molecule is C=C1C(c2cc3c(s2)-c2sc(-c4cnc(C(C)(CCC)c5ccc(C(C)(CC)CCCCCC)s5)c5nsnc45)cc2C3(CC(CC)CCCC)CC(CC)CCCC)=CN=C(C(C)(CC)c2ccc(C(C)(CC)CCCCCC)s2)C1=NSC. The van der Waals surface area contributed by atoms with E-state index in [1.165, 1.54) is 189 Å². The molecule has 6 aromatic rings. The molecule has 464 valence electrons. The highest BCUT2D eigenvalue weighted by atomic mass is 32.2. The van der Waals surface area contributed by atoms with Crippen molar-refractivity contribution in [3.63, 3.8) is 0 Å². The van der Waals surface area contributed by atoms with Gasteiger partial charge in [0.2, 0.25) is 0 Å². The van der Waals surface area contributed by atoms with Gasteiger partial charge in [0, 0.05) is 101 Å². The quantitative estimate of drug-likeness (QED) is 0.0290. The maximum atomic E-state index is 5.59. The van der Waals surface area contributed by atoms with Crippen LogP contribution in [0.1, 0.15) is 299 Å². The number of thiophene rings is 4. The van der Waals surface area contributed by atoms with Crippen LogP contribution in [-0.2, 0) is 27.1 Å². The van der Waals surface area contributed by atoms with E-state index in [-0.39, 0.29) is 27.1 Å². The number of rotatable bonds is 36. The molecule has 0 fully saturated rings. The lowest BCUT2D eigenvalue weighted by Gasteiger charge is -2.38. The monoisotopic (exact) mass is 1260 g/mol. The van der Waals surface area contributed by atoms with Crippen molar-refractivity contribution in [3.05, 3.63) is 102 Å². The Morgan fingerprint density at radius 2 is 1.09 bits per heavy atom. The van der Waals surface area contributed by atoms with Crippen LogP contribution in [0.25, 0.3) is 36.8 Å². The first-order valence-corrected chi connectivity index (χ1v) is 38.9. The Bertz CT molecular complexity index is 3230. The van der Waals surface area contributed by atoms with Gasteiger partial charge in [-0.2, -0.15) is 8.75 Å². The van der Waals surface area contributed by atoms with Gasteiger partial charge < -0.3 is 0 Å². The molecule has 6 unspecified atom stereocenters. The molecule has 7 heterocycles. The van der Waals surface area contributed by atoms with E-state index in [1.807, 2.05) is 45.3 Å². The predicted octanol–water partition coefficient (Wildman–Crippen LogP) is 25.3. The molecule has 6 aromatic heterocycles. The van der Waals surface area contributed by atoms with Gasteiger partial charge >= 0.3 is 0 Å². The topological polar surface area (TPSA) is 63.4 Å². The predicted molar refractivity (Wildman–Crippen MR) is 384 cm³/mol. The number of fused-ring (bicyclic) bond motifs is 4. The third kappa shape index (κ3) is 13.8. The van der Waals surface area contributed by atoms with Crippen LogP contribution in [0.4, 0.5) is 0 Å². The lowest BCUT2D eigenvalue weighted by Crippen LogP contribution is -2.39. The number of nitrogens with zero attached hydrogens (tertiary/aromatic N) is 5. The van der Waals surface area contributed by atoms with Crippen molar-refractivity contribution < 1.29 is 0 Å². The van der Waals surface area contributed by atoms with Gasteiger partial charge in [-0.1, -0.05) is 199 Å². The van der Waals surface area contributed by atoms with Crippen LogP contribution in [0.5, 0.6) is 0 Å². The van der Waals surface area contributed by atoms with Crippen molar-refractivity contribution in [2.24, 2.45) is 21.2 Å². The third-order valence-corrected chi connectivity index (χ3v) is 27.6. The second-order valence-corrected chi connectivity index (χ2v) is 32.0. The highest BCUT2D eigenvalue weighted by Gasteiger charge is 2.49. The van der Waals surface area contributed by atoms with Crippen molar-refractivity contribution in [1.82, 2.24) is 13.7 Å². The Labute approximate surface area is 540 Å². The Hall–Kier alpha value is -3.06. The molecule has 1 aliphatic heterocycles. The number of aliphatic imine (C=N–C) groups is 1. The highest BCUT2D eigenvalue weighted by molar-refractivity contribution is 7.97. The zero-order valence-electron chi connectivity index (χ0n) is 55.3. The van der Waals surface area contributed by atoms with Crippen molar-refractivity contribution in [2.75, 3.05) is 6.26 Å². The van der Waals surface area contributed by atoms with Crippen LogP contribution in [0.3, 0.4) is 0 Å². The number of hydrogen-bond donors (Lipinski definition) is 0. The normalized spacial score (nSPS) is 19.3. The Kier molecular flexibility index (Phi) is 24.1. The zero-order chi connectivity index (χ0) is 61.2. The fraction of sp³-hybridized carbons (Fsp3) is 0.635. The number of pyridine rings is 1. The standard InChI is InChI=1S/C74H107N5S6/c1-17-27-31-33-42-70(12,24-8)59-37-39-61(83-59)72(14,26-10)68-63(77-80-16)50(11)53(48-75-68)57-44-55-66(81-57)67-56(74(55,46-51(22-6)35-29-19-3)47-52(23-7)36-30-20-4)45-58(82-67)54-49-76-69(65-64(54)78-85-79-65)73(15,41-21-5)62-40-38-60(84-62)71(13,25-9)43-34-32-28-18-2/h37-40,44-45,48-49,51-52H,11,17-36,41-43,46-47H2,1-10,12-16H3. The van der Waals surface area contributed by atoms with E-state index in [0.29, 0.717) is 11.8 Å². The van der Waals surface area contributed by atoms with E-state index >= 15 is 0 Å². The molecule has 11 heteroatoms. The minimum absolute atomic E-state index is 0.134. The molecule has 0 radical (unpaired) electrons. The molecule has 0 amide bonds. The van der Waals surface area contributed by atoms with E-state index in [9.17, 15) is 0 Å². The van der Waals surface area contributed by atoms with Crippen LogP contribution in [-0.4, -0.2) is 31.4 Å². The molecule has 8 rings (SSSR count). The molecular formula is C74H107N5S6. The fourth-order valence-corrected chi connectivity index (χ4v) is 21.0. The van der Waals surface area contributed by atoms with Crippen molar-refractivity contribution in [1.29, 1.82) is 0 Å². The zero-order valence-corrected chi connectivity index (χ0v) is 60.2. The summed E-state index contributed by atoms with van der Waals surface area (Å²) in [6.07, 6.45) is 36.8. The summed E-state index contributed by atoms with van der Waals surface area (Å²) in [5.74, 6) is 1.23. The van der Waals surface area contributed by atoms with Crippen LogP contribution in [0.15, 0.2) is 70.3 Å². The van der Waals surface area contributed by atoms with E-state index in [4.69, 9.17) is 29.7 Å². The molecule has 2 aliphatic rings. The minimum atomic E-state index is -0.313. The lowest BCUT2D eigenvalue weighted by molar-refractivity contribution is 0.266. The largest absolute Gasteiger partial charge is 0.257 e. The van der Waals surface area contributed by atoms with Gasteiger partial charge in [0.25, 0.3) is 0 Å². The summed E-state index contributed by atoms with van der Waals surface area (Å²) in [5.41, 5.74) is 11.0. The molecule has 1 aliphatic carbocycles. The van der Waals surface area contributed by atoms with Gasteiger partial charge in [0.15, 0.2) is 0 Å². The third-order valence-electron chi connectivity index (χ3n) is 20.9. The van der Waals surface area contributed by atoms with Crippen LogP contribution in [0, 0.1) is 11.8 Å². The molecule has 0 saturated carbocycles. The first-order valence-electron chi connectivity index (χ1n) is 33.7. The summed E-state index contributed by atoms with van der Waals surface area (Å²) >= 11 is 10.9. The van der Waals surface area contributed by atoms with Gasteiger partial charge in [0.05, 0.1) is 23.1 Å². The molecule has 0 aromatic carbocycles. The number of hydrogen-bond acceptors (Lipinski definition) is 11. The Morgan fingerprint density at radius 1 is 0.576 bits per heavy atom. The van der Waals surface area contributed by atoms with Crippen molar-refractivity contribution in [2.45, 2.75) is 285 Å². The minimum Gasteiger partial charge on any atom is -0.257 e. The molecular weight excluding hydrogens is 1150 g/mol. The smallest absolute Gasteiger partial charge is 0.127 e. The van der Waals surface area contributed by atoms with Crippen LogP contribution >= 0.6 is 69.0 Å². The molecule has 0 N–H and O–H groups in total. The fourth-order valence-electron chi connectivity index (χ4n) is 14.4. The summed E-state index contributed by atoms with van der Waals surface area (Å²) in [5, 5.41) is 0. The highest BCUT2D eigenvalue weighted by Crippen LogP contribution is 2.63. The lowest BCUT2D eigenvalue weighted by atomic mass is 9.65. The number of aromatic nitrogens is 3. The molecule has 6 atom stereocenters. The van der Waals surface area contributed by atoms with E-state index in [0.717, 1.165) is 89.8 Å². The van der Waals surface area contributed by atoms with Crippen LogP contribution in [0.2, 0.25) is 0 Å². The van der Waals surface area contributed by atoms with Crippen molar-refractivity contribution in [3.8, 4) is 20.2 Å². The van der Waals surface area contributed by atoms with E-state index in [1.54, 1.807) is 0 Å². The van der Waals surface area contributed by atoms with Gasteiger partial charge in [-0.05, 0) is 137 Å². The molecule has 5 nitrogen and oxygen atoms in total. The van der Waals surface area contributed by atoms with Gasteiger partial charge in [0.1, 0.15) is 16.7 Å². The molecule has 85 heavy (non-hydrogen) atoms. The molecule has 0 saturated heterocycles. The number of unbranched alkanes of at least 4 members (excludes halogenated alkanes) is 8. The summed E-state index contributed by atoms with van der Waals surface area (Å²) in [6, 6.07) is 15.0. The van der Waals surface area contributed by atoms with Gasteiger partial charge in [-0.15, -0.1) is 45.3 Å². The van der Waals surface area contributed by atoms with E-state index in [2.05, 4.69) is 152 Å². The summed E-state index contributed by atoms with van der Waals surface area (Å²) < 4.78 is 15.7. The summed E-state index contributed by atoms with van der Waals surface area (Å²) in [6.45, 7) is 38.5. The molecule has 0 spiro atoms. The first-order chi connectivity index (χ1) is 41.0. The summed E-state index contributed by atoms with van der Waals surface area (Å²) in [4.78, 5) is 22.4. The second-order valence-electron chi connectivity index (χ2n) is 26.7. The van der Waals surface area contributed by atoms with Gasteiger partial charge in [-0.3, -0.25) is 9.98 Å². The van der Waals surface area contributed by atoms with E-state index < -0.39 is 0 Å².